The summed E-state index contributed by atoms with van der Waals surface area (Å²) >= 11 is 0. The van der Waals surface area contributed by atoms with E-state index in [1.54, 1.807) is 0 Å². The van der Waals surface area contributed by atoms with Crippen LogP contribution in [-0.2, 0) is 10.2 Å². The van der Waals surface area contributed by atoms with Crippen molar-refractivity contribution < 1.29 is 4.74 Å². The van der Waals surface area contributed by atoms with Crippen LogP contribution in [-0.4, -0.2) is 39.3 Å². The molecule has 0 spiro atoms. The summed E-state index contributed by atoms with van der Waals surface area (Å²) in [4.78, 5) is 4.37. The molecule has 0 amide bonds. The number of nitrogens with zero attached hydrogens (tertiary/aromatic N) is 1. The van der Waals surface area contributed by atoms with Crippen LogP contribution in [0.1, 0.15) is 39.2 Å². The number of benzene rings is 1. The van der Waals surface area contributed by atoms with Crippen LogP contribution < -0.4 is 10.6 Å². The summed E-state index contributed by atoms with van der Waals surface area (Å²) in [5.74, 6) is 0.875. The Balaban J connectivity index is 0.00000288. The van der Waals surface area contributed by atoms with Gasteiger partial charge in [-0.1, -0.05) is 51.1 Å². The van der Waals surface area contributed by atoms with E-state index in [4.69, 9.17) is 4.74 Å². The maximum atomic E-state index is 5.31. The average Bonchev–Trinajstić information content (AvgIpc) is 2.58. The summed E-state index contributed by atoms with van der Waals surface area (Å²) in [6, 6.07) is 10.8. The molecule has 1 saturated heterocycles. The molecule has 0 atom stereocenters. The van der Waals surface area contributed by atoms with Gasteiger partial charge in [0.15, 0.2) is 5.96 Å². The van der Waals surface area contributed by atoms with E-state index >= 15 is 0 Å². The molecule has 0 bridgehead atoms. The van der Waals surface area contributed by atoms with Crippen LogP contribution in [0.25, 0.3) is 0 Å². The highest BCUT2D eigenvalue weighted by Gasteiger charge is 2.33. The van der Waals surface area contributed by atoms with Gasteiger partial charge < -0.3 is 15.4 Å². The van der Waals surface area contributed by atoms with Gasteiger partial charge in [0.05, 0.1) is 13.2 Å². The molecule has 0 radical (unpaired) electrons. The van der Waals surface area contributed by atoms with Gasteiger partial charge in [-0.25, -0.2) is 0 Å². The van der Waals surface area contributed by atoms with Crippen molar-refractivity contribution in [1.82, 2.24) is 10.6 Å². The first-order valence-electron chi connectivity index (χ1n) is 8.65. The van der Waals surface area contributed by atoms with Gasteiger partial charge in [0, 0.05) is 31.0 Å². The molecule has 5 heteroatoms. The van der Waals surface area contributed by atoms with Gasteiger partial charge in [0.2, 0.25) is 0 Å². The van der Waals surface area contributed by atoms with E-state index in [-0.39, 0.29) is 34.8 Å². The topological polar surface area (TPSA) is 45.7 Å². The van der Waals surface area contributed by atoms with Gasteiger partial charge in [-0.15, -0.1) is 24.0 Å². The zero-order chi connectivity index (χ0) is 16.8. The molecule has 1 aromatic carbocycles. The Kier molecular flexibility index (Phi) is 8.50. The normalized spacial score (nSPS) is 16.8. The fourth-order valence-corrected chi connectivity index (χ4v) is 3.13. The van der Waals surface area contributed by atoms with Crippen molar-refractivity contribution in [2.24, 2.45) is 10.4 Å². The lowest BCUT2D eigenvalue weighted by Gasteiger charge is -2.39. The van der Waals surface area contributed by atoms with Gasteiger partial charge in [-0.05, 0) is 18.4 Å². The molecular weight excluding hydrogens is 413 g/mol. The molecular formula is C19H32IN3O. The molecule has 1 aromatic rings. The minimum atomic E-state index is 0. The maximum Gasteiger partial charge on any atom is 0.191 e. The maximum absolute atomic E-state index is 5.31. The van der Waals surface area contributed by atoms with Crippen LogP contribution in [0.15, 0.2) is 35.3 Å². The van der Waals surface area contributed by atoms with E-state index in [0.717, 1.165) is 45.1 Å². The SMILES string of the molecule is CCC(CC)(CNC(=NC)NCC1(C)COC1)c1ccccc1.I. The number of hydrogen-bond donors (Lipinski definition) is 2. The van der Waals surface area contributed by atoms with E-state index in [1.807, 2.05) is 7.05 Å². The van der Waals surface area contributed by atoms with Gasteiger partial charge in [-0.3, -0.25) is 4.99 Å². The standard InChI is InChI=1S/C19H31N3O.HI/c1-5-19(6-2,16-10-8-7-9-11-16)13-22-17(20-4)21-12-18(3)14-23-15-18;/h7-11H,5-6,12-15H2,1-4H3,(H2,20,21,22);1H. The molecule has 2 rings (SSSR count). The third kappa shape index (κ3) is 5.09. The molecule has 1 heterocycles. The van der Waals surface area contributed by atoms with Crippen molar-refractivity contribution in [3.05, 3.63) is 35.9 Å². The minimum Gasteiger partial charge on any atom is -0.380 e. The third-order valence-corrected chi connectivity index (χ3v) is 5.14. The molecule has 0 aliphatic carbocycles. The third-order valence-electron chi connectivity index (χ3n) is 5.14. The number of nitrogens with one attached hydrogen (secondary N) is 2. The Morgan fingerprint density at radius 2 is 1.79 bits per heavy atom. The summed E-state index contributed by atoms with van der Waals surface area (Å²) in [6.07, 6.45) is 2.20. The molecule has 0 saturated carbocycles. The second-order valence-corrected chi connectivity index (χ2v) is 6.94. The Morgan fingerprint density at radius 3 is 2.25 bits per heavy atom. The second-order valence-electron chi connectivity index (χ2n) is 6.94. The van der Waals surface area contributed by atoms with Crippen LogP contribution in [0.5, 0.6) is 0 Å². The molecule has 0 aromatic heterocycles. The van der Waals surface area contributed by atoms with E-state index < -0.39 is 0 Å². The molecule has 4 nitrogen and oxygen atoms in total. The molecule has 1 aliphatic heterocycles. The number of halogens is 1. The molecule has 0 unspecified atom stereocenters. The first-order valence-corrected chi connectivity index (χ1v) is 8.65. The molecule has 1 aliphatic rings. The van der Waals surface area contributed by atoms with Crippen LogP contribution in [0.2, 0.25) is 0 Å². The van der Waals surface area contributed by atoms with Gasteiger partial charge in [0.1, 0.15) is 0 Å². The lowest BCUT2D eigenvalue weighted by molar-refractivity contribution is -0.0971. The van der Waals surface area contributed by atoms with E-state index in [1.165, 1.54) is 5.56 Å². The quantitative estimate of drug-likeness (QED) is 0.383. The summed E-state index contributed by atoms with van der Waals surface area (Å²) in [6.45, 7) is 10.2. The van der Waals surface area contributed by atoms with E-state index in [2.05, 4.69) is 66.7 Å². The monoisotopic (exact) mass is 445 g/mol. The summed E-state index contributed by atoms with van der Waals surface area (Å²) in [7, 11) is 1.83. The second kappa shape index (κ2) is 9.61. The van der Waals surface area contributed by atoms with Crippen molar-refractivity contribution in [3.63, 3.8) is 0 Å². The largest absolute Gasteiger partial charge is 0.380 e. The molecule has 2 N–H and O–H groups in total. The predicted molar refractivity (Wildman–Crippen MR) is 112 cm³/mol. The van der Waals surface area contributed by atoms with Crippen LogP contribution >= 0.6 is 24.0 Å². The number of guanidine groups is 1. The van der Waals surface area contributed by atoms with Crippen LogP contribution in [0.3, 0.4) is 0 Å². The van der Waals surface area contributed by atoms with Crippen molar-refractivity contribution in [3.8, 4) is 0 Å². The van der Waals surface area contributed by atoms with Crippen molar-refractivity contribution in [1.29, 1.82) is 0 Å². The summed E-state index contributed by atoms with van der Waals surface area (Å²) in [5, 5.41) is 6.97. The van der Waals surface area contributed by atoms with Crippen LogP contribution in [0.4, 0.5) is 0 Å². The number of rotatable bonds is 7. The highest BCUT2D eigenvalue weighted by atomic mass is 127. The zero-order valence-electron chi connectivity index (χ0n) is 15.4. The first-order chi connectivity index (χ1) is 11.1. The fourth-order valence-electron chi connectivity index (χ4n) is 3.13. The Labute approximate surface area is 163 Å². The van der Waals surface area contributed by atoms with Crippen molar-refractivity contribution in [2.45, 2.75) is 39.0 Å². The lowest BCUT2D eigenvalue weighted by Crippen LogP contribution is -2.52. The van der Waals surface area contributed by atoms with Gasteiger partial charge >= 0.3 is 0 Å². The highest BCUT2D eigenvalue weighted by molar-refractivity contribution is 14.0. The van der Waals surface area contributed by atoms with Crippen LogP contribution in [0, 0.1) is 5.41 Å². The predicted octanol–water partition coefficient (Wildman–Crippen LogP) is 3.56. The number of aliphatic imine (C=N–C) groups is 1. The Hall–Kier alpha value is -0.820. The molecule has 1 fully saturated rings. The van der Waals surface area contributed by atoms with E-state index in [0.29, 0.717) is 0 Å². The van der Waals surface area contributed by atoms with E-state index in [9.17, 15) is 0 Å². The average molecular weight is 445 g/mol. The van der Waals surface area contributed by atoms with Gasteiger partial charge in [-0.2, -0.15) is 0 Å². The number of ether oxygens (including phenoxy) is 1. The minimum absolute atomic E-state index is 0. The van der Waals surface area contributed by atoms with Gasteiger partial charge in [0.25, 0.3) is 0 Å². The Morgan fingerprint density at radius 1 is 1.17 bits per heavy atom. The van der Waals surface area contributed by atoms with Crippen molar-refractivity contribution >= 4 is 29.9 Å². The first kappa shape index (κ1) is 21.2. The Bertz CT molecular complexity index is 511. The summed E-state index contributed by atoms with van der Waals surface area (Å²) in [5.41, 5.74) is 1.78. The molecule has 24 heavy (non-hydrogen) atoms. The van der Waals surface area contributed by atoms with Crippen molar-refractivity contribution in [2.75, 3.05) is 33.4 Å². The number of hydrogen-bond acceptors (Lipinski definition) is 2. The lowest BCUT2D eigenvalue weighted by atomic mass is 9.76. The fraction of sp³-hybridized carbons (Fsp3) is 0.632. The smallest absolute Gasteiger partial charge is 0.191 e. The zero-order valence-corrected chi connectivity index (χ0v) is 17.7. The molecule has 136 valence electrons. The summed E-state index contributed by atoms with van der Waals surface area (Å²) < 4.78 is 5.31. The highest BCUT2D eigenvalue weighted by Crippen LogP contribution is 2.31.